The molecule has 1 atom stereocenters. The van der Waals surface area contributed by atoms with E-state index in [1.165, 1.54) is 71.9 Å². The molecule has 0 heterocycles. The van der Waals surface area contributed by atoms with Crippen LogP contribution in [0.3, 0.4) is 0 Å². The minimum atomic E-state index is 0.860. The van der Waals surface area contributed by atoms with Gasteiger partial charge in [-0.3, -0.25) is 0 Å². The lowest BCUT2D eigenvalue weighted by Gasteiger charge is -2.14. The van der Waals surface area contributed by atoms with E-state index >= 15 is 0 Å². The van der Waals surface area contributed by atoms with E-state index in [9.17, 15) is 0 Å². The van der Waals surface area contributed by atoms with E-state index in [2.05, 4.69) is 83.2 Å². The number of rotatable bonds is 9. The SMILES string of the molecule is C/C=C(/c1cccc(CCCC(C)CCCC)c1)c1cc(C)ccc1C. The fourth-order valence-corrected chi connectivity index (χ4v) is 3.75. The van der Waals surface area contributed by atoms with Crippen molar-refractivity contribution in [3.8, 4) is 0 Å². The van der Waals surface area contributed by atoms with Crippen molar-refractivity contribution in [2.24, 2.45) is 5.92 Å². The predicted molar refractivity (Wildman–Crippen MR) is 117 cm³/mol. The highest BCUT2D eigenvalue weighted by Crippen LogP contribution is 2.28. The Labute approximate surface area is 161 Å². The van der Waals surface area contributed by atoms with Crippen molar-refractivity contribution in [2.45, 2.75) is 73.1 Å². The second-order valence-corrected chi connectivity index (χ2v) is 7.86. The largest absolute Gasteiger partial charge is 0.0792 e. The van der Waals surface area contributed by atoms with Crippen molar-refractivity contribution in [3.05, 3.63) is 76.4 Å². The van der Waals surface area contributed by atoms with Crippen molar-refractivity contribution in [1.82, 2.24) is 0 Å². The highest BCUT2D eigenvalue weighted by atomic mass is 14.1. The molecule has 0 aliphatic rings. The monoisotopic (exact) mass is 348 g/mol. The van der Waals surface area contributed by atoms with Crippen LogP contribution in [0.2, 0.25) is 0 Å². The number of benzene rings is 2. The van der Waals surface area contributed by atoms with Gasteiger partial charge in [0.15, 0.2) is 0 Å². The molecule has 1 unspecified atom stereocenters. The maximum absolute atomic E-state index is 2.41. The van der Waals surface area contributed by atoms with Crippen molar-refractivity contribution < 1.29 is 0 Å². The summed E-state index contributed by atoms with van der Waals surface area (Å²) in [5.41, 5.74) is 8.19. The molecule has 0 aromatic heterocycles. The molecule has 0 aliphatic carbocycles. The third-order valence-electron chi connectivity index (χ3n) is 5.42. The highest BCUT2D eigenvalue weighted by Gasteiger charge is 2.09. The highest BCUT2D eigenvalue weighted by molar-refractivity contribution is 5.81. The summed E-state index contributed by atoms with van der Waals surface area (Å²) in [6.07, 6.45) is 10.2. The lowest BCUT2D eigenvalue weighted by Crippen LogP contribution is -1.97. The van der Waals surface area contributed by atoms with Gasteiger partial charge in [0, 0.05) is 0 Å². The second-order valence-electron chi connectivity index (χ2n) is 7.86. The zero-order chi connectivity index (χ0) is 18.9. The van der Waals surface area contributed by atoms with Gasteiger partial charge < -0.3 is 0 Å². The van der Waals surface area contributed by atoms with Crippen molar-refractivity contribution in [3.63, 3.8) is 0 Å². The fourth-order valence-electron chi connectivity index (χ4n) is 3.75. The molecule has 0 bridgehead atoms. The Kier molecular flexibility index (Phi) is 8.16. The van der Waals surface area contributed by atoms with Crippen LogP contribution in [-0.4, -0.2) is 0 Å². The normalized spacial score (nSPS) is 13.0. The van der Waals surface area contributed by atoms with Gasteiger partial charge in [-0.1, -0.05) is 93.6 Å². The third kappa shape index (κ3) is 5.87. The Hall–Kier alpha value is -1.82. The van der Waals surface area contributed by atoms with Gasteiger partial charge in [0.1, 0.15) is 0 Å². The molecule has 2 aromatic carbocycles. The van der Waals surface area contributed by atoms with E-state index in [-0.39, 0.29) is 0 Å². The van der Waals surface area contributed by atoms with Gasteiger partial charge in [-0.25, -0.2) is 0 Å². The fraction of sp³-hybridized carbons (Fsp3) is 0.462. The molecule has 0 aliphatic heterocycles. The van der Waals surface area contributed by atoms with E-state index < -0.39 is 0 Å². The lowest BCUT2D eigenvalue weighted by atomic mass is 9.91. The number of hydrogen-bond donors (Lipinski definition) is 0. The first-order chi connectivity index (χ1) is 12.5. The minimum Gasteiger partial charge on any atom is -0.0792 e. The molecule has 0 radical (unpaired) electrons. The van der Waals surface area contributed by atoms with Crippen LogP contribution in [0.5, 0.6) is 0 Å². The number of allylic oxidation sites excluding steroid dienone is 1. The van der Waals surface area contributed by atoms with Gasteiger partial charge in [0.2, 0.25) is 0 Å². The number of aryl methyl sites for hydroxylation is 3. The van der Waals surface area contributed by atoms with Gasteiger partial charge in [0.05, 0.1) is 0 Å². The summed E-state index contributed by atoms with van der Waals surface area (Å²) in [5, 5.41) is 0. The summed E-state index contributed by atoms with van der Waals surface area (Å²) in [4.78, 5) is 0. The molecule has 26 heavy (non-hydrogen) atoms. The van der Waals surface area contributed by atoms with E-state index in [1.807, 2.05) is 0 Å². The van der Waals surface area contributed by atoms with Crippen LogP contribution < -0.4 is 0 Å². The first-order valence-electron chi connectivity index (χ1n) is 10.4. The van der Waals surface area contributed by atoms with Gasteiger partial charge in [-0.2, -0.15) is 0 Å². The topological polar surface area (TPSA) is 0 Å². The van der Waals surface area contributed by atoms with Crippen LogP contribution in [-0.2, 0) is 6.42 Å². The van der Waals surface area contributed by atoms with Gasteiger partial charge in [0.25, 0.3) is 0 Å². The molecular formula is C26H36. The Balaban J connectivity index is 2.09. The summed E-state index contributed by atoms with van der Waals surface area (Å²) in [6.45, 7) is 11.2. The maximum atomic E-state index is 2.41. The molecule has 0 spiro atoms. The molecule has 2 aromatic rings. The van der Waals surface area contributed by atoms with Crippen molar-refractivity contribution in [2.75, 3.05) is 0 Å². The van der Waals surface area contributed by atoms with Crippen LogP contribution in [0.1, 0.15) is 80.7 Å². The number of hydrogen-bond acceptors (Lipinski definition) is 0. The van der Waals surface area contributed by atoms with Crippen LogP contribution in [0.25, 0.3) is 5.57 Å². The summed E-state index contributed by atoms with van der Waals surface area (Å²) < 4.78 is 0. The Morgan fingerprint density at radius 1 is 1.00 bits per heavy atom. The molecule has 140 valence electrons. The molecule has 0 heteroatoms. The lowest BCUT2D eigenvalue weighted by molar-refractivity contribution is 0.457. The smallest absolute Gasteiger partial charge is 0.0149 e. The van der Waals surface area contributed by atoms with Crippen molar-refractivity contribution in [1.29, 1.82) is 0 Å². The zero-order valence-electron chi connectivity index (χ0n) is 17.4. The van der Waals surface area contributed by atoms with Gasteiger partial charge in [-0.15, -0.1) is 0 Å². The quantitative estimate of drug-likeness (QED) is 0.432. The average Bonchev–Trinajstić information content (AvgIpc) is 2.64. The van der Waals surface area contributed by atoms with Gasteiger partial charge >= 0.3 is 0 Å². The molecule has 0 N–H and O–H groups in total. The predicted octanol–water partition coefficient (Wildman–Crippen LogP) is 7.90. The zero-order valence-corrected chi connectivity index (χ0v) is 17.4. The van der Waals surface area contributed by atoms with Gasteiger partial charge in [-0.05, 0) is 67.4 Å². The Morgan fingerprint density at radius 3 is 2.50 bits per heavy atom. The summed E-state index contributed by atoms with van der Waals surface area (Å²) in [7, 11) is 0. The maximum Gasteiger partial charge on any atom is -0.0149 e. The summed E-state index contributed by atoms with van der Waals surface area (Å²) in [5.74, 6) is 0.860. The average molecular weight is 349 g/mol. The standard InChI is InChI=1S/C26H36/c1-6-8-11-20(3)12-9-13-23-14-10-15-24(19-23)25(7-2)26-18-21(4)16-17-22(26)5/h7,10,14-20H,6,8-9,11-13H2,1-5H3/b25-7-. The molecule has 0 saturated heterocycles. The molecule has 0 saturated carbocycles. The third-order valence-corrected chi connectivity index (χ3v) is 5.42. The first-order valence-corrected chi connectivity index (χ1v) is 10.4. The van der Waals surface area contributed by atoms with Crippen LogP contribution >= 0.6 is 0 Å². The molecular weight excluding hydrogens is 312 g/mol. The van der Waals surface area contributed by atoms with Crippen molar-refractivity contribution >= 4 is 5.57 Å². The van der Waals surface area contributed by atoms with E-state index in [0.717, 1.165) is 5.92 Å². The van der Waals surface area contributed by atoms with Crippen LogP contribution in [0.15, 0.2) is 48.5 Å². The van der Waals surface area contributed by atoms with Crippen LogP contribution in [0.4, 0.5) is 0 Å². The Morgan fingerprint density at radius 2 is 1.77 bits per heavy atom. The number of unbranched alkanes of at least 4 members (excludes halogenated alkanes) is 1. The minimum absolute atomic E-state index is 0.860. The molecule has 2 rings (SSSR count). The Bertz CT molecular complexity index is 721. The first kappa shape index (κ1) is 20.5. The molecule has 0 amide bonds. The molecule has 0 fully saturated rings. The van der Waals surface area contributed by atoms with E-state index in [1.54, 1.807) is 0 Å². The van der Waals surface area contributed by atoms with Crippen LogP contribution in [0, 0.1) is 19.8 Å². The summed E-state index contributed by atoms with van der Waals surface area (Å²) in [6, 6.07) is 15.9. The summed E-state index contributed by atoms with van der Waals surface area (Å²) >= 11 is 0. The van der Waals surface area contributed by atoms with E-state index in [4.69, 9.17) is 0 Å². The second kappa shape index (κ2) is 10.4. The molecule has 0 nitrogen and oxygen atoms in total. The van der Waals surface area contributed by atoms with E-state index in [0.29, 0.717) is 0 Å².